The Kier molecular flexibility index (Phi) is 20.1. The van der Waals surface area contributed by atoms with E-state index in [1.165, 1.54) is 10.3 Å². The number of hydrogen-bond acceptors (Lipinski definition) is 7. The minimum Gasteiger partial charge on any atom is -0.480 e. The number of aliphatic hydroxyl groups is 2. The molecule has 0 aromatic rings. The van der Waals surface area contributed by atoms with Crippen molar-refractivity contribution in [1.82, 2.24) is 10.2 Å². The van der Waals surface area contributed by atoms with Crippen molar-refractivity contribution in [1.29, 1.82) is 0 Å². The summed E-state index contributed by atoms with van der Waals surface area (Å²) in [5, 5.41) is 30.7. The maximum Gasteiger partial charge on any atom is 0.317 e. The predicted molar refractivity (Wildman–Crippen MR) is 102 cm³/mol. The Hall–Kier alpha value is -0.170. The van der Waals surface area contributed by atoms with Gasteiger partial charge in [0.1, 0.15) is 0 Å². The van der Waals surface area contributed by atoms with Crippen LogP contribution in [0.2, 0.25) is 0 Å². The van der Waals surface area contributed by atoms with Crippen LogP contribution in [0, 0.1) is 0 Å². The molecule has 23 heavy (non-hydrogen) atoms. The summed E-state index contributed by atoms with van der Waals surface area (Å²) in [6.07, 6.45) is -0.0676. The summed E-state index contributed by atoms with van der Waals surface area (Å²) < 4.78 is 0. The lowest BCUT2D eigenvalue weighted by atomic mass is 10.1. The first-order chi connectivity index (χ1) is 9.94. The minimum absolute atomic E-state index is 0. The van der Waals surface area contributed by atoms with Crippen LogP contribution in [-0.2, 0) is 9.59 Å². The zero-order valence-corrected chi connectivity index (χ0v) is 16.8. The zero-order valence-electron chi connectivity index (χ0n) is 12.6. The summed E-state index contributed by atoms with van der Waals surface area (Å²) in [4.78, 5) is 24.1. The first kappa shape index (κ1) is 27.7. The van der Waals surface area contributed by atoms with Gasteiger partial charge < -0.3 is 26.4 Å². The van der Waals surface area contributed by atoms with Gasteiger partial charge >= 0.3 is 5.97 Å². The fraction of sp³-hybridized carbons (Fsp3) is 0.750. The molecule has 0 saturated carbocycles. The summed E-state index contributed by atoms with van der Waals surface area (Å²) in [5.74, 6) is -1.49. The van der Waals surface area contributed by atoms with Gasteiger partial charge in [0, 0.05) is 12.6 Å². The first-order valence-corrected chi connectivity index (χ1v) is 7.06. The molecule has 0 aromatic heterocycles. The Morgan fingerprint density at radius 1 is 1.30 bits per heavy atom. The van der Waals surface area contributed by atoms with Crippen LogP contribution in [0.5, 0.6) is 0 Å². The second kappa shape index (κ2) is 16.7. The van der Waals surface area contributed by atoms with Crippen LogP contribution in [0.15, 0.2) is 0 Å². The number of carbonyl (C=O) groups excluding carboxylic acids is 1. The Morgan fingerprint density at radius 2 is 1.91 bits per heavy atom. The monoisotopic (exact) mass is 481 g/mol. The standard InChI is InChI=1S/C12H23N3O5S.2BrH/c13-3-1-9(2-4-21)15(7-12(19)20)6-11(18)14-5-10(17)8-16;;/h4,9-10,16-17H,1-3,5-8,13H2,(H,14,18)(H,19,20);2*1H. The molecule has 0 radical (unpaired) electrons. The van der Waals surface area contributed by atoms with Gasteiger partial charge in [0.05, 0.1) is 25.8 Å². The Balaban J connectivity index is -0.00000200. The van der Waals surface area contributed by atoms with Gasteiger partial charge in [-0.3, -0.25) is 14.5 Å². The second-order valence-electron chi connectivity index (χ2n) is 4.57. The molecule has 2 atom stereocenters. The van der Waals surface area contributed by atoms with Gasteiger partial charge in [-0.05, 0) is 24.8 Å². The normalized spacial score (nSPS) is 12.5. The van der Waals surface area contributed by atoms with Gasteiger partial charge in [0.25, 0.3) is 0 Å². The summed E-state index contributed by atoms with van der Waals surface area (Å²) in [6.45, 7) is -0.637. The van der Waals surface area contributed by atoms with Gasteiger partial charge in [-0.25, -0.2) is 0 Å². The molecule has 0 fully saturated rings. The number of amides is 1. The van der Waals surface area contributed by atoms with Gasteiger partial charge in [0.2, 0.25) is 5.91 Å². The highest BCUT2D eigenvalue weighted by Crippen LogP contribution is 2.07. The van der Waals surface area contributed by atoms with Crippen LogP contribution < -0.4 is 11.1 Å². The molecule has 138 valence electrons. The van der Waals surface area contributed by atoms with Crippen LogP contribution in [0.4, 0.5) is 0 Å². The molecule has 1 amide bonds. The van der Waals surface area contributed by atoms with Crippen molar-refractivity contribution in [2.75, 3.05) is 32.8 Å². The van der Waals surface area contributed by atoms with E-state index < -0.39 is 24.6 Å². The van der Waals surface area contributed by atoms with Crippen LogP contribution in [0.3, 0.4) is 0 Å². The molecule has 2 unspecified atom stereocenters. The summed E-state index contributed by atoms with van der Waals surface area (Å²) in [5.41, 5.74) is 5.49. The summed E-state index contributed by atoms with van der Waals surface area (Å²) in [6, 6.07) is -0.225. The number of nitrogens with one attached hydrogen (secondary N) is 1. The van der Waals surface area contributed by atoms with Crippen LogP contribution in [0.25, 0.3) is 0 Å². The van der Waals surface area contributed by atoms with E-state index in [4.69, 9.17) is 33.3 Å². The maximum absolute atomic E-state index is 11.8. The molecular weight excluding hydrogens is 458 g/mol. The third-order valence-electron chi connectivity index (χ3n) is 2.82. The first-order valence-electron chi connectivity index (χ1n) is 6.59. The van der Waals surface area contributed by atoms with E-state index in [0.29, 0.717) is 19.4 Å². The highest BCUT2D eigenvalue weighted by Gasteiger charge is 2.22. The number of thiocarbonyl (C=S) groups is 1. The molecule has 0 aliphatic carbocycles. The number of carbonyl (C=O) groups is 2. The number of carboxylic acids is 1. The number of nitrogens with zero attached hydrogens (tertiary/aromatic N) is 1. The third kappa shape index (κ3) is 13.9. The molecule has 11 heteroatoms. The van der Waals surface area contributed by atoms with E-state index in [1.54, 1.807) is 0 Å². The van der Waals surface area contributed by atoms with E-state index in [-0.39, 0.29) is 59.6 Å². The van der Waals surface area contributed by atoms with Gasteiger partial charge in [-0.1, -0.05) is 12.2 Å². The lowest BCUT2D eigenvalue weighted by molar-refractivity contribution is -0.139. The van der Waals surface area contributed by atoms with Crippen LogP contribution >= 0.6 is 46.2 Å². The Labute approximate surface area is 161 Å². The number of carboxylic acid groups (broad SMARTS) is 1. The number of halogens is 2. The molecule has 0 aliphatic rings. The van der Waals surface area contributed by atoms with Crippen molar-refractivity contribution < 1.29 is 24.9 Å². The fourth-order valence-corrected chi connectivity index (χ4v) is 2.00. The summed E-state index contributed by atoms with van der Waals surface area (Å²) >= 11 is 4.79. The van der Waals surface area contributed by atoms with Crippen molar-refractivity contribution >= 4 is 63.4 Å². The number of nitrogens with two attached hydrogens (primary N) is 1. The molecule has 0 saturated heterocycles. The SMILES string of the molecule is Br.Br.NCCC(CC=S)N(CC(=O)O)CC(=O)NCC(O)CO. The lowest BCUT2D eigenvalue weighted by Crippen LogP contribution is -2.47. The van der Waals surface area contributed by atoms with E-state index in [1.807, 2.05) is 0 Å². The van der Waals surface area contributed by atoms with Crippen molar-refractivity contribution in [3.8, 4) is 0 Å². The predicted octanol–water partition coefficient (Wildman–Crippen LogP) is -0.895. The molecule has 0 aliphatic heterocycles. The van der Waals surface area contributed by atoms with E-state index in [2.05, 4.69) is 5.32 Å². The van der Waals surface area contributed by atoms with Gasteiger partial charge in [-0.2, -0.15) is 0 Å². The van der Waals surface area contributed by atoms with Crippen molar-refractivity contribution in [2.24, 2.45) is 5.73 Å². The molecule has 6 N–H and O–H groups in total. The van der Waals surface area contributed by atoms with Crippen molar-refractivity contribution in [3.05, 3.63) is 0 Å². The molecule has 0 aromatic carbocycles. The minimum atomic E-state index is -1.05. The maximum atomic E-state index is 11.8. The Bertz CT molecular complexity index is 353. The molecule has 0 bridgehead atoms. The third-order valence-corrected chi connectivity index (χ3v) is 3.01. The van der Waals surface area contributed by atoms with E-state index in [0.717, 1.165) is 0 Å². The number of hydrogen-bond donors (Lipinski definition) is 5. The van der Waals surface area contributed by atoms with E-state index >= 15 is 0 Å². The number of aliphatic hydroxyl groups excluding tert-OH is 2. The zero-order chi connectivity index (χ0) is 16.3. The van der Waals surface area contributed by atoms with Crippen molar-refractivity contribution in [3.63, 3.8) is 0 Å². The van der Waals surface area contributed by atoms with Gasteiger partial charge in [-0.15, -0.1) is 34.0 Å². The molecule has 8 nitrogen and oxygen atoms in total. The van der Waals surface area contributed by atoms with Crippen molar-refractivity contribution in [2.45, 2.75) is 25.0 Å². The highest BCUT2D eigenvalue weighted by atomic mass is 79.9. The van der Waals surface area contributed by atoms with E-state index in [9.17, 15) is 9.59 Å². The smallest absolute Gasteiger partial charge is 0.317 e. The Morgan fingerprint density at radius 3 is 2.35 bits per heavy atom. The number of aliphatic carboxylic acids is 1. The molecule has 0 heterocycles. The highest BCUT2D eigenvalue weighted by molar-refractivity contribution is 8.93. The topological polar surface area (TPSA) is 136 Å². The van der Waals surface area contributed by atoms with Gasteiger partial charge in [0.15, 0.2) is 0 Å². The summed E-state index contributed by atoms with van der Waals surface area (Å²) in [7, 11) is 0. The lowest BCUT2D eigenvalue weighted by Gasteiger charge is -2.28. The average Bonchev–Trinajstić information content (AvgIpc) is 2.43. The molecule has 0 rings (SSSR count). The second-order valence-corrected chi connectivity index (χ2v) is 4.91. The molecular formula is C12H25Br2N3O5S. The largest absolute Gasteiger partial charge is 0.480 e. The fourth-order valence-electron chi connectivity index (χ4n) is 1.78. The molecule has 0 spiro atoms. The van der Waals surface area contributed by atoms with Crippen LogP contribution in [-0.4, -0.2) is 82.4 Å². The average molecular weight is 483 g/mol. The number of rotatable bonds is 12. The van der Waals surface area contributed by atoms with Crippen LogP contribution in [0.1, 0.15) is 12.8 Å². The quantitative estimate of drug-likeness (QED) is 0.226.